The van der Waals surface area contributed by atoms with Crippen LogP contribution >= 0.6 is 11.3 Å². The Morgan fingerprint density at radius 1 is 1.18 bits per heavy atom. The second-order valence-electron chi connectivity index (χ2n) is 5.50. The Hall–Kier alpha value is -1.46. The lowest BCUT2D eigenvalue weighted by Crippen LogP contribution is -2.27. The van der Waals surface area contributed by atoms with Gasteiger partial charge in [-0.05, 0) is 48.8 Å². The minimum atomic E-state index is -3.30. The number of hydrogen-bond acceptors (Lipinski definition) is 4. The number of sulfone groups is 1. The van der Waals surface area contributed by atoms with Gasteiger partial charge in [0.1, 0.15) is 11.0 Å². The number of aryl methyl sites for hydroxylation is 1. The van der Waals surface area contributed by atoms with Crippen LogP contribution in [0.4, 0.5) is 0 Å². The zero-order chi connectivity index (χ0) is 16.2. The van der Waals surface area contributed by atoms with Crippen molar-refractivity contribution in [1.82, 2.24) is 0 Å². The Labute approximate surface area is 135 Å². The van der Waals surface area contributed by atoms with Gasteiger partial charge in [-0.2, -0.15) is 0 Å². The van der Waals surface area contributed by atoms with Gasteiger partial charge in [-0.15, -0.1) is 11.3 Å². The summed E-state index contributed by atoms with van der Waals surface area (Å²) in [5, 5.41) is 1.19. The second-order valence-corrected chi connectivity index (χ2v) is 8.67. The third-order valence-corrected chi connectivity index (χ3v) is 6.18. The Morgan fingerprint density at radius 2 is 1.86 bits per heavy atom. The summed E-state index contributed by atoms with van der Waals surface area (Å²) in [5.41, 5.74) is 2.35. The molecule has 1 unspecified atom stereocenters. The van der Waals surface area contributed by atoms with Crippen molar-refractivity contribution in [3.63, 3.8) is 0 Å². The van der Waals surface area contributed by atoms with Crippen LogP contribution in [0.15, 0.2) is 41.8 Å². The van der Waals surface area contributed by atoms with Gasteiger partial charge in [0, 0.05) is 11.1 Å². The molecule has 5 heteroatoms. The summed E-state index contributed by atoms with van der Waals surface area (Å²) in [6.45, 7) is 1.35. The molecule has 0 spiro atoms. The van der Waals surface area contributed by atoms with Gasteiger partial charge in [-0.1, -0.05) is 30.3 Å². The van der Waals surface area contributed by atoms with Crippen LogP contribution in [0.25, 0.3) is 10.4 Å². The van der Waals surface area contributed by atoms with E-state index in [1.807, 2.05) is 6.07 Å². The number of benzene rings is 1. The number of thiophene rings is 1. The summed E-state index contributed by atoms with van der Waals surface area (Å²) in [6.07, 6.45) is 3.00. The van der Waals surface area contributed by atoms with E-state index < -0.39 is 15.1 Å². The van der Waals surface area contributed by atoms with Gasteiger partial charge in [0.05, 0.1) is 0 Å². The summed E-state index contributed by atoms with van der Waals surface area (Å²) in [7, 11) is -3.30. The number of hydrogen-bond donors (Lipinski definition) is 0. The molecule has 22 heavy (non-hydrogen) atoms. The van der Waals surface area contributed by atoms with E-state index in [4.69, 9.17) is 0 Å². The van der Waals surface area contributed by atoms with E-state index in [-0.39, 0.29) is 5.78 Å². The fourth-order valence-electron chi connectivity index (χ4n) is 2.49. The monoisotopic (exact) mass is 336 g/mol. The van der Waals surface area contributed by atoms with E-state index in [1.165, 1.54) is 17.4 Å². The standard InChI is InChI=1S/C17H20O3S2/c1-13(18)17(22(2,19)20)7-3-5-14-8-10-15(11-9-14)16-6-4-12-21-16/h4,6,8-12,17H,3,5,7H2,1-2H3. The molecule has 0 bridgehead atoms. The highest BCUT2D eigenvalue weighted by molar-refractivity contribution is 7.92. The maximum absolute atomic E-state index is 11.6. The maximum Gasteiger partial charge on any atom is 0.157 e. The molecule has 1 heterocycles. The summed E-state index contributed by atoms with van der Waals surface area (Å²) in [5.74, 6) is -0.268. The molecule has 0 amide bonds. The van der Waals surface area contributed by atoms with Gasteiger partial charge in [0.25, 0.3) is 0 Å². The highest BCUT2D eigenvalue weighted by atomic mass is 32.2. The predicted molar refractivity (Wildman–Crippen MR) is 92.0 cm³/mol. The van der Waals surface area contributed by atoms with Crippen LogP contribution in [0.3, 0.4) is 0 Å². The summed E-state index contributed by atoms with van der Waals surface area (Å²) >= 11 is 1.71. The van der Waals surface area contributed by atoms with Crippen LogP contribution in [0.5, 0.6) is 0 Å². The van der Waals surface area contributed by atoms with E-state index in [1.54, 1.807) is 11.3 Å². The minimum Gasteiger partial charge on any atom is -0.299 e. The molecule has 0 saturated heterocycles. The number of carbonyl (C=O) groups excluding carboxylic acids is 1. The molecule has 0 N–H and O–H groups in total. The fourth-order valence-corrected chi connectivity index (χ4v) is 4.42. The van der Waals surface area contributed by atoms with E-state index >= 15 is 0 Å². The highest BCUT2D eigenvalue weighted by Crippen LogP contribution is 2.25. The van der Waals surface area contributed by atoms with E-state index in [9.17, 15) is 13.2 Å². The molecular formula is C17H20O3S2. The second kappa shape index (κ2) is 7.20. The minimum absolute atomic E-state index is 0.268. The van der Waals surface area contributed by atoms with E-state index in [0.717, 1.165) is 18.2 Å². The van der Waals surface area contributed by atoms with Gasteiger partial charge < -0.3 is 0 Å². The molecule has 0 saturated carbocycles. The van der Waals surface area contributed by atoms with Gasteiger partial charge in [-0.25, -0.2) is 8.42 Å². The molecule has 0 aliphatic carbocycles. The zero-order valence-electron chi connectivity index (χ0n) is 12.8. The average molecular weight is 336 g/mol. The van der Waals surface area contributed by atoms with Crippen LogP contribution in [0.2, 0.25) is 0 Å². The number of rotatable bonds is 7. The molecule has 2 rings (SSSR count). The predicted octanol–water partition coefficient (Wildman–Crippen LogP) is 3.74. The van der Waals surface area contributed by atoms with Crippen LogP contribution in [0.1, 0.15) is 25.3 Å². The van der Waals surface area contributed by atoms with Crippen LogP contribution in [-0.4, -0.2) is 25.7 Å². The Kier molecular flexibility index (Phi) is 5.53. The first-order valence-electron chi connectivity index (χ1n) is 7.20. The first-order chi connectivity index (χ1) is 10.4. The van der Waals surface area contributed by atoms with Crippen LogP contribution in [-0.2, 0) is 21.1 Å². The Balaban J connectivity index is 1.93. The Bertz CT molecular complexity index is 714. The number of Topliss-reactive ketones (excluding diaryl/α,β-unsaturated/α-hetero) is 1. The van der Waals surface area contributed by atoms with Crippen LogP contribution in [0, 0.1) is 0 Å². The molecular weight excluding hydrogens is 316 g/mol. The van der Waals surface area contributed by atoms with Crippen LogP contribution < -0.4 is 0 Å². The van der Waals surface area contributed by atoms with Gasteiger partial charge in [0.2, 0.25) is 0 Å². The number of ketones is 1. The highest BCUT2D eigenvalue weighted by Gasteiger charge is 2.24. The number of carbonyl (C=O) groups is 1. The summed E-state index contributed by atoms with van der Waals surface area (Å²) in [6, 6.07) is 12.4. The van der Waals surface area contributed by atoms with E-state index in [2.05, 4.69) is 35.7 Å². The van der Waals surface area contributed by atoms with Crippen molar-refractivity contribution in [3.05, 3.63) is 47.3 Å². The van der Waals surface area contributed by atoms with Gasteiger partial charge in [0.15, 0.2) is 9.84 Å². The smallest absolute Gasteiger partial charge is 0.157 e. The van der Waals surface area contributed by atoms with Crippen molar-refractivity contribution >= 4 is 27.0 Å². The zero-order valence-corrected chi connectivity index (χ0v) is 14.4. The van der Waals surface area contributed by atoms with Crippen molar-refractivity contribution < 1.29 is 13.2 Å². The molecule has 1 aromatic heterocycles. The van der Waals surface area contributed by atoms with Crippen molar-refractivity contribution in [3.8, 4) is 10.4 Å². The topological polar surface area (TPSA) is 51.2 Å². The lowest BCUT2D eigenvalue weighted by molar-refractivity contribution is -0.116. The quantitative estimate of drug-likeness (QED) is 0.774. The maximum atomic E-state index is 11.6. The molecule has 1 atom stereocenters. The lowest BCUT2D eigenvalue weighted by atomic mass is 10.0. The largest absolute Gasteiger partial charge is 0.299 e. The van der Waals surface area contributed by atoms with Crippen molar-refractivity contribution in [2.75, 3.05) is 6.26 Å². The first-order valence-corrected chi connectivity index (χ1v) is 10.0. The van der Waals surface area contributed by atoms with Crippen molar-refractivity contribution in [2.45, 2.75) is 31.4 Å². The molecule has 0 aliphatic heterocycles. The molecule has 3 nitrogen and oxygen atoms in total. The third-order valence-electron chi connectivity index (χ3n) is 3.66. The average Bonchev–Trinajstić information content (AvgIpc) is 2.96. The summed E-state index contributed by atoms with van der Waals surface area (Å²) < 4.78 is 23.1. The molecule has 1 aromatic carbocycles. The molecule has 0 aliphatic rings. The van der Waals surface area contributed by atoms with Gasteiger partial charge >= 0.3 is 0 Å². The van der Waals surface area contributed by atoms with Gasteiger partial charge in [-0.3, -0.25) is 4.79 Å². The third kappa shape index (κ3) is 4.52. The molecule has 0 radical (unpaired) electrons. The lowest BCUT2D eigenvalue weighted by Gasteiger charge is -2.11. The van der Waals surface area contributed by atoms with Crippen molar-refractivity contribution in [2.24, 2.45) is 0 Å². The van der Waals surface area contributed by atoms with E-state index in [0.29, 0.717) is 12.8 Å². The Morgan fingerprint density at radius 3 is 2.36 bits per heavy atom. The SMILES string of the molecule is CC(=O)C(CCCc1ccc(-c2cccs2)cc1)S(C)(=O)=O. The molecule has 118 valence electrons. The normalized spacial score (nSPS) is 13.0. The summed E-state index contributed by atoms with van der Waals surface area (Å²) in [4.78, 5) is 12.7. The van der Waals surface area contributed by atoms with Crippen molar-refractivity contribution in [1.29, 1.82) is 0 Å². The fraction of sp³-hybridized carbons (Fsp3) is 0.353. The first kappa shape index (κ1) is 16.9. The molecule has 0 fully saturated rings. The molecule has 2 aromatic rings.